The fraction of sp³-hybridized carbons (Fsp3) is 0. The molecule has 28 heavy (non-hydrogen) atoms. The third-order valence-corrected chi connectivity index (χ3v) is 4.56. The molecule has 0 spiro atoms. The molecule has 0 amide bonds. The van der Waals surface area contributed by atoms with Gasteiger partial charge in [0, 0.05) is 10.9 Å². The molecule has 0 saturated heterocycles. The normalized spacial score (nSPS) is 11.4. The van der Waals surface area contributed by atoms with Crippen LogP contribution in [-0.4, -0.2) is 15.0 Å². The first-order chi connectivity index (χ1) is 13.8. The van der Waals surface area contributed by atoms with E-state index in [0.717, 1.165) is 39.2 Å². The lowest BCUT2D eigenvalue weighted by molar-refractivity contribution is 0.631. The molecule has 3 aromatic carbocycles. The van der Waals surface area contributed by atoms with Crippen molar-refractivity contribution >= 4 is 23.1 Å². The molecule has 0 unspecified atom stereocenters. The largest absolute Gasteiger partial charge is 0.456 e. The van der Waals surface area contributed by atoms with E-state index in [4.69, 9.17) is 4.42 Å². The van der Waals surface area contributed by atoms with Crippen LogP contribution >= 0.6 is 0 Å². The Hall–Kier alpha value is -3.92. The number of fused-ring (bicyclic) bond motifs is 1. The number of hydrogen-bond donors (Lipinski definition) is 0. The molecule has 0 atom stereocenters. The van der Waals surface area contributed by atoms with Crippen LogP contribution in [0.4, 0.5) is 0 Å². The SMILES string of the molecule is C(=C\c1cnn(-c2ccccc2)n1)/c1ccc(-c2cc3ccccc3o2)cc1. The molecule has 134 valence electrons. The number of nitrogens with zero attached hydrogens (tertiary/aromatic N) is 3. The summed E-state index contributed by atoms with van der Waals surface area (Å²) in [4.78, 5) is 1.63. The second-order valence-electron chi connectivity index (χ2n) is 6.50. The Labute approximate surface area is 162 Å². The van der Waals surface area contributed by atoms with Gasteiger partial charge in [0.25, 0.3) is 0 Å². The second kappa shape index (κ2) is 7.00. The van der Waals surface area contributed by atoms with Crippen molar-refractivity contribution in [3.8, 4) is 17.0 Å². The van der Waals surface area contributed by atoms with E-state index in [1.807, 2.05) is 60.7 Å². The third kappa shape index (κ3) is 3.23. The van der Waals surface area contributed by atoms with Gasteiger partial charge in [-0.3, -0.25) is 0 Å². The van der Waals surface area contributed by atoms with Gasteiger partial charge in [-0.05, 0) is 35.9 Å². The van der Waals surface area contributed by atoms with Gasteiger partial charge in [0.1, 0.15) is 17.0 Å². The highest BCUT2D eigenvalue weighted by Gasteiger charge is 2.05. The number of hydrogen-bond acceptors (Lipinski definition) is 3. The Morgan fingerprint density at radius 3 is 2.39 bits per heavy atom. The maximum atomic E-state index is 5.93. The van der Waals surface area contributed by atoms with E-state index in [9.17, 15) is 0 Å². The van der Waals surface area contributed by atoms with E-state index in [1.54, 1.807) is 11.0 Å². The van der Waals surface area contributed by atoms with Gasteiger partial charge < -0.3 is 4.42 Å². The summed E-state index contributed by atoms with van der Waals surface area (Å²) in [6, 6.07) is 28.3. The summed E-state index contributed by atoms with van der Waals surface area (Å²) in [7, 11) is 0. The highest BCUT2D eigenvalue weighted by Crippen LogP contribution is 2.28. The third-order valence-electron chi connectivity index (χ3n) is 4.56. The van der Waals surface area contributed by atoms with Crippen molar-refractivity contribution in [1.29, 1.82) is 0 Å². The summed E-state index contributed by atoms with van der Waals surface area (Å²) in [5, 5.41) is 9.92. The van der Waals surface area contributed by atoms with Crippen LogP contribution in [0.15, 0.2) is 95.5 Å². The highest BCUT2D eigenvalue weighted by atomic mass is 16.3. The first-order valence-electron chi connectivity index (χ1n) is 9.10. The lowest BCUT2D eigenvalue weighted by Gasteiger charge is -1.98. The van der Waals surface area contributed by atoms with Crippen LogP contribution in [0.3, 0.4) is 0 Å². The van der Waals surface area contributed by atoms with Crippen LogP contribution in [0, 0.1) is 0 Å². The van der Waals surface area contributed by atoms with E-state index in [1.165, 1.54) is 0 Å². The van der Waals surface area contributed by atoms with Crippen LogP contribution in [-0.2, 0) is 0 Å². The molecule has 0 fully saturated rings. The molecule has 0 saturated carbocycles. The quantitative estimate of drug-likeness (QED) is 0.402. The van der Waals surface area contributed by atoms with Gasteiger partial charge in [0.05, 0.1) is 11.9 Å². The zero-order valence-electron chi connectivity index (χ0n) is 15.1. The van der Waals surface area contributed by atoms with Crippen LogP contribution in [0.2, 0.25) is 0 Å². The first-order valence-corrected chi connectivity index (χ1v) is 9.10. The Morgan fingerprint density at radius 1 is 0.786 bits per heavy atom. The number of aromatic nitrogens is 3. The molecule has 5 rings (SSSR count). The Balaban J connectivity index is 1.34. The van der Waals surface area contributed by atoms with Gasteiger partial charge in [-0.1, -0.05) is 66.7 Å². The van der Waals surface area contributed by atoms with E-state index in [2.05, 4.69) is 46.6 Å². The average Bonchev–Trinajstić information content (AvgIpc) is 3.40. The summed E-state index contributed by atoms with van der Waals surface area (Å²) >= 11 is 0. The topological polar surface area (TPSA) is 43.9 Å². The Bertz CT molecular complexity index is 1220. The van der Waals surface area contributed by atoms with Crippen LogP contribution < -0.4 is 0 Å². The van der Waals surface area contributed by atoms with Gasteiger partial charge in [0.2, 0.25) is 0 Å². The predicted octanol–water partition coefficient (Wildman–Crippen LogP) is 5.85. The molecule has 0 aliphatic rings. The number of furan rings is 1. The van der Waals surface area contributed by atoms with Crippen molar-refractivity contribution < 1.29 is 4.42 Å². The smallest absolute Gasteiger partial charge is 0.135 e. The predicted molar refractivity (Wildman–Crippen MR) is 112 cm³/mol. The highest BCUT2D eigenvalue weighted by molar-refractivity contribution is 5.83. The Morgan fingerprint density at radius 2 is 1.57 bits per heavy atom. The molecule has 4 nitrogen and oxygen atoms in total. The summed E-state index contributed by atoms with van der Waals surface area (Å²) in [6.07, 6.45) is 5.75. The standard InChI is InChI=1S/C24H17N3O/c1-2-7-22(8-3-1)27-25-17-21(26-27)15-12-18-10-13-19(14-11-18)24-16-20-6-4-5-9-23(20)28-24/h1-17H/b15-12+. The maximum absolute atomic E-state index is 5.93. The number of para-hydroxylation sites is 2. The minimum absolute atomic E-state index is 0.810. The van der Waals surface area contributed by atoms with Gasteiger partial charge in [0.15, 0.2) is 0 Å². The second-order valence-corrected chi connectivity index (χ2v) is 6.50. The molecular weight excluding hydrogens is 346 g/mol. The maximum Gasteiger partial charge on any atom is 0.135 e. The van der Waals surface area contributed by atoms with Crippen LogP contribution in [0.5, 0.6) is 0 Å². The summed E-state index contributed by atoms with van der Waals surface area (Å²) in [5.74, 6) is 0.877. The lowest BCUT2D eigenvalue weighted by atomic mass is 10.1. The zero-order valence-corrected chi connectivity index (χ0v) is 15.1. The van der Waals surface area contributed by atoms with Gasteiger partial charge in [-0.15, -0.1) is 5.10 Å². The zero-order chi connectivity index (χ0) is 18.8. The molecule has 5 aromatic rings. The summed E-state index contributed by atoms with van der Waals surface area (Å²) in [5.41, 5.74) is 4.81. The molecule has 2 aromatic heterocycles. The van der Waals surface area contributed by atoms with Crippen molar-refractivity contribution in [2.24, 2.45) is 0 Å². The summed E-state index contributed by atoms with van der Waals surface area (Å²) in [6.45, 7) is 0. The van der Waals surface area contributed by atoms with E-state index < -0.39 is 0 Å². The molecule has 0 radical (unpaired) electrons. The van der Waals surface area contributed by atoms with Crippen LogP contribution in [0.1, 0.15) is 11.3 Å². The van der Waals surface area contributed by atoms with Gasteiger partial charge in [-0.25, -0.2) is 0 Å². The molecule has 4 heteroatoms. The lowest BCUT2D eigenvalue weighted by Crippen LogP contribution is -1.97. The van der Waals surface area contributed by atoms with E-state index in [0.29, 0.717) is 0 Å². The van der Waals surface area contributed by atoms with Crippen molar-refractivity contribution in [1.82, 2.24) is 15.0 Å². The Kier molecular flexibility index (Phi) is 4.07. The summed E-state index contributed by atoms with van der Waals surface area (Å²) < 4.78 is 5.93. The molecular formula is C24H17N3O. The fourth-order valence-corrected chi connectivity index (χ4v) is 3.10. The monoisotopic (exact) mass is 363 g/mol. The van der Waals surface area contributed by atoms with Crippen molar-refractivity contribution in [3.05, 3.63) is 102 Å². The number of rotatable bonds is 4. The first kappa shape index (κ1) is 16.3. The van der Waals surface area contributed by atoms with Crippen molar-refractivity contribution in [2.45, 2.75) is 0 Å². The van der Waals surface area contributed by atoms with Gasteiger partial charge in [-0.2, -0.15) is 9.90 Å². The molecule has 0 aliphatic carbocycles. The van der Waals surface area contributed by atoms with Gasteiger partial charge >= 0.3 is 0 Å². The van der Waals surface area contributed by atoms with E-state index in [-0.39, 0.29) is 0 Å². The number of benzene rings is 3. The van der Waals surface area contributed by atoms with Crippen molar-refractivity contribution in [2.75, 3.05) is 0 Å². The minimum Gasteiger partial charge on any atom is -0.456 e. The van der Waals surface area contributed by atoms with Crippen molar-refractivity contribution in [3.63, 3.8) is 0 Å². The molecule has 0 bridgehead atoms. The molecule has 2 heterocycles. The van der Waals surface area contributed by atoms with Crippen LogP contribution in [0.25, 0.3) is 40.1 Å². The molecule has 0 aliphatic heterocycles. The van der Waals surface area contributed by atoms with E-state index >= 15 is 0 Å². The fourth-order valence-electron chi connectivity index (χ4n) is 3.10. The minimum atomic E-state index is 0.810. The average molecular weight is 363 g/mol. The molecule has 0 N–H and O–H groups in total.